The lowest BCUT2D eigenvalue weighted by molar-refractivity contribution is -0.137. The topological polar surface area (TPSA) is 55.4 Å². The molecule has 0 saturated carbocycles. The summed E-state index contributed by atoms with van der Waals surface area (Å²) in [5, 5.41) is 0. The molecule has 2 aromatic rings. The van der Waals surface area contributed by atoms with E-state index in [4.69, 9.17) is 4.74 Å². The highest BCUT2D eigenvalue weighted by molar-refractivity contribution is 7.89. The summed E-state index contributed by atoms with van der Waals surface area (Å²) in [5.74, 6) is -0.0597. The maximum atomic E-state index is 12.7. The van der Waals surface area contributed by atoms with Gasteiger partial charge in [0, 0.05) is 6.54 Å². The Morgan fingerprint density at radius 2 is 1.54 bits per heavy atom. The minimum absolute atomic E-state index is 0.0223. The van der Waals surface area contributed by atoms with Crippen molar-refractivity contribution in [2.24, 2.45) is 0 Å². The van der Waals surface area contributed by atoms with E-state index in [0.29, 0.717) is 17.9 Å². The van der Waals surface area contributed by atoms with Crippen LogP contribution in [0.4, 0.5) is 17.6 Å². The number of alkyl halides is 3. The van der Waals surface area contributed by atoms with Gasteiger partial charge >= 0.3 is 6.18 Å². The second-order valence-electron chi connectivity index (χ2n) is 4.72. The second kappa shape index (κ2) is 7.18. The predicted molar refractivity (Wildman–Crippen MR) is 78.5 cm³/mol. The standard InChI is InChI=1S/C15H13F4NO3S/c16-12-3-5-13(6-4-12)23-10-9-20-24(21,22)14-7-1-11(2-8-14)15(17,18)19/h1-8,20H,9-10H2. The average molecular weight is 363 g/mol. The van der Waals surface area contributed by atoms with Crippen LogP contribution < -0.4 is 9.46 Å². The third-order valence-corrected chi connectivity index (χ3v) is 4.45. The van der Waals surface area contributed by atoms with Crippen LogP contribution in [0.1, 0.15) is 5.56 Å². The first-order valence-electron chi connectivity index (χ1n) is 6.74. The van der Waals surface area contributed by atoms with E-state index in [1.54, 1.807) is 0 Å². The van der Waals surface area contributed by atoms with Gasteiger partial charge in [-0.25, -0.2) is 17.5 Å². The van der Waals surface area contributed by atoms with Crippen molar-refractivity contribution >= 4 is 10.0 Å². The maximum Gasteiger partial charge on any atom is 0.416 e. The van der Waals surface area contributed by atoms with Gasteiger partial charge in [0.1, 0.15) is 18.2 Å². The van der Waals surface area contributed by atoms with Crippen LogP contribution in [0.25, 0.3) is 0 Å². The molecule has 0 spiro atoms. The SMILES string of the molecule is O=S(=O)(NCCOc1ccc(F)cc1)c1ccc(C(F)(F)F)cc1. The number of nitrogens with one attached hydrogen (secondary N) is 1. The van der Waals surface area contributed by atoms with Crippen LogP contribution in [0.5, 0.6) is 5.75 Å². The van der Waals surface area contributed by atoms with E-state index in [1.165, 1.54) is 24.3 Å². The monoisotopic (exact) mass is 363 g/mol. The molecule has 0 heterocycles. The highest BCUT2D eigenvalue weighted by atomic mass is 32.2. The molecular formula is C15H13F4NO3S. The van der Waals surface area contributed by atoms with Crippen molar-refractivity contribution in [2.75, 3.05) is 13.2 Å². The number of sulfonamides is 1. The van der Waals surface area contributed by atoms with Gasteiger partial charge in [-0.2, -0.15) is 13.2 Å². The Balaban J connectivity index is 1.90. The second-order valence-corrected chi connectivity index (χ2v) is 6.49. The van der Waals surface area contributed by atoms with Gasteiger partial charge in [0.25, 0.3) is 0 Å². The zero-order valence-corrected chi connectivity index (χ0v) is 13.0. The quantitative estimate of drug-likeness (QED) is 0.633. The number of halogens is 4. The molecule has 24 heavy (non-hydrogen) atoms. The van der Waals surface area contributed by atoms with Gasteiger partial charge in [-0.3, -0.25) is 0 Å². The normalized spacial score (nSPS) is 12.2. The molecular weight excluding hydrogens is 350 g/mol. The maximum absolute atomic E-state index is 12.7. The summed E-state index contributed by atoms with van der Waals surface area (Å²) in [4.78, 5) is -0.280. The van der Waals surface area contributed by atoms with E-state index in [0.717, 1.165) is 12.1 Å². The Morgan fingerprint density at radius 1 is 0.958 bits per heavy atom. The molecule has 9 heteroatoms. The molecule has 0 amide bonds. The number of benzene rings is 2. The Kier molecular flexibility index (Phi) is 5.45. The van der Waals surface area contributed by atoms with Gasteiger partial charge in [0.05, 0.1) is 10.5 Å². The minimum atomic E-state index is -4.53. The Labute approximate surface area is 136 Å². The van der Waals surface area contributed by atoms with E-state index >= 15 is 0 Å². The predicted octanol–water partition coefficient (Wildman–Crippen LogP) is 3.20. The summed E-state index contributed by atoms with van der Waals surface area (Å²) in [6, 6.07) is 8.33. The number of hydrogen-bond donors (Lipinski definition) is 1. The first-order valence-corrected chi connectivity index (χ1v) is 8.22. The number of hydrogen-bond acceptors (Lipinski definition) is 3. The Hall–Kier alpha value is -2.13. The first kappa shape index (κ1) is 18.2. The van der Waals surface area contributed by atoms with Crippen molar-refractivity contribution in [1.29, 1.82) is 0 Å². The van der Waals surface area contributed by atoms with Gasteiger partial charge in [-0.15, -0.1) is 0 Å². The van der Waals surface area contributed by atoms with Gasteiger partial charge in [0.15, 0.2) is 0 Å². The fourth-order valence-corrected chi connectivity index (χ4v) is 2.80. The molecule has 130 valence electrons. The Morgan fingerprint density at radius 3 is 2.08 bits per heavy atom. The summed E-state index contributed by atoms with van der Waals surface area (Å²) >= 11 is 0. The molecule has 1 N–H and O–H groups in total. The molecule has 0 radical (unpaired) electrons. The zero-order chi connectivity index (χ0) is 17.8. The van der Waals surface area contributed by atoms with E-state index in [-0.39, 0.29) is 18.0 Å². The summed E-state index contributed by atoms with van der Waals surface area (Å²) < 4.78 is 81.4. The average Bonchev–Trinajstić information content (AvgIpc) is 2.52. The number of ether oxygens (including phenoxy) is 1. The van der Waals surface area contributed by atoms with Crippen LogP contribution in [-0.2, 0) is 16.2 Å². The smallest absolute Gasteiger partial charge is 0.416 e. The lowest BCUT2D eigenvalue weighted by Crippen LogP contribution is -2.28. The molecule has 0 saturated heterocycles. The van der Waals surface area contributed by atoms with Crippen molar-refractivity contribution < 1.29 is 30.7 Å². The third-order valence-electron chi connectivity index (χ3n) is 2.97. The third kappa shape index (κ3) is 4.93. The van der Waals surface area contributed by atoms with Crippen molar-refractivity contribution in [1.82, 2.24) is 4.72 Å². The van der Waals surface area contributed by atoms with E-state index in [9.17, 15) is 26.0 Å². The molecule has 0 aliphatic carbocycles. The summed E-state index contributed by atoms with van der Waals surface area (Å²) in [7, 11) is -3.94. The Bertz CT molecular complexity index is 772. The molecule has 0 bridgehead atoms. The van der Waals surface area contributed by atoms with Gasteiger partial charge in [0.2, 0.25) is 10.0 Å². The summed E-state index contributed by atoms with van der Waals surface area (Å²) in [6.45, 7) is -0.119. The van der Waals surface area contributed by atoms with Gasteiger partial charge in [-0.05, 0) is 48.5 Å². The fraction of sp³-hybridized carbons (Fsp3) is 0.200. The lowest BCUT2D eigenvalue weighted by Gasteiger charge is -2.10. The van der Waals surface area contributed by atoms with Crippen molar-refractivity contribution in [3.05, 3.63) is 59.9 Å². The molecule has 2 aromatic carbocycles. The largest absolute Gasteiger partial charge is 0.492 e. The van der Waals surface area contributed by atoms with Crippen LogP contribution in [0.3, 0.4) is 0 Å². The first-order chi connectivity index (χ1) is 11.2. The van der Waals surface area contributed by atoms with Crippen molar-refractivity contribution in [3.8, 4) is 5.75 Å². The molecule has 0 fully saturated rings. The van der Waals surface area contributed by atoms with E-state index in [2.05, 4.69) is 4.72 Å². The van der Waals surface area contributed by atoms with Crippen LogP contribution in [0, 0.1) is 5.82 Å². The molecule has 0 aromatic heterocycles. The van der Waals surface area contributed by atoms with E-state index < -0.39 is 27.6 Å². The number of rotatable bonds is 6. The fourth-order valence-electron chi connectivity index (χ4n) is 1.78. The molecule has 4 nitrogen and oxygen atoms in total. The molecule has 0 aliphatic rings. The van der Waals surface area contributed by atoms with Crippen LogP contribution in [-0.4, -0.2) is 21.6 Å². The van der Waals surface area contributed by atoms with Gasteiger partial charge in [-0.1, -0.05) is 0 Å². The highest BCUT2D eigenvalue weighted by Gasteiger charge is 2.30. The van der Waals surface area contributed by atoms with Crippen LogP contribution in [0.2, 0.25) is 0 Å². The highest BCUT2D eigenvalue weighted by Crippen LogP contribution is 2.29. The minimum Gasteiger partial charge on any atom is -0.492 e. The molecule has 0 atom stereocenters. The summed E-state index contributed by atoms with van der Waals surface area (Å²) in [6.07, 6.45) is -4.53. The zero-order valence-electron chi connectivity index (χ0n) is 12.2. The molecule has 0 unspecified atom stereocenters. The van der Waals surface area contributed by atoms with Gasteiger partial charge < -0.3 is 4.74 Å². The van der Waals surface area contributed by atoms with Crippen molar-refractivity contribution in [3.63, 3.8) is 0 Å². The molecule has 0 aliphatic heterocycles. The van der Waals surface area contributed by atoms with Crippen molar-refractivity contribution in [2.45, 2.75) is 11.1 Å². The van der Waals surface area contributed by atoms with E-state index in [1.807, 2.05) is 0 Å². The van der Waals surface area contributed by atoms with Crippen LogP contribution in [0.15, 0.2) is 53.4 Å². The van der Waals surface area contributed by atoms with Crippen LogP contribution >= 0.6 is 0 Å². The molecule has 2 rings (SSSR count). The lowest BCUT2D eigenvalue weighted by atomic mass is 10.2. The summed E-state index contributed by atoms with van der Waals surface area (Å²) in [5.41, 5.74) is -0.930.